The van der Waals surface area contributed by atoms with Crippen molar-refractivity contribution in [1.82, 2.24) is 14.7 Å². The van der Waals surface area contributed by atoms with Crippen LogP contribution in [-0.4, -0.2) is 21.3 Å². The summed E-state index contributed by atoms with van der Waals surface area (Å²) >= 11 is 1.26. The van der Waals surface area contributed by atoms with Gasteiger partial charge in [-0.15, -0.1) is 0 Å². The van der Waals surface area contributed by atoms with Crippen LogP contribution in [0.4, 0.5) is 0 Å². The van der Waals surface area contributed by atoms with E-state index in [0.29, 0.717) is 23.2 Å². The molecule has 1 unspecified atom stereocenters. The first kappa shape index (κ1) is 18.6. The summed E-state index contributed by atoms with van der Waals surface area (Å²) in [6.45, 7) is 2.56. The summed E-state index contributed by atoms with van der Waals surface area (Å²) in [5.41, 5.74) is 1.91. The van der Waals surface area contributed by atoms with Crippen molar-refractivity contribution in [2.75, 3.05) is 6.61 Å². The van der Waals surface area contributed by atoms with Gasteiger partial charge >= 0.3 is 4.87 Å². The van der Waals surface area contributed by atoms with Gasteiger partial charge in [-0.05, 0) is 24.1 Å². The lowest BCUT2D eigenvalue weighted by Crippen LogP contribution is -2.22. The van der Waals surface area contributed by atoms with Crippen LogP contribution in [0.2, 0.25) is 0 Å². The number of hydrogen-bond acceptors (Lipinski definition) is 7. The molecule has 1 aliphatic rings. The number of para-hydroxylation sites is 2. The first-order valence-electron chi connectivity index (χ1n) is 9.72. The SMILES string of the molecule is CCc1sc(=O)n(Cc2noc(C3COc4ccccc4O3)n2)c1-c1ccccc1. The van der Waals surface area contributed by atoms with Crippen molar-refractivity contribution in [1.29, 1.82) is 0 Å². The highest BCUT2D eigenvalue weighted by molar-refractivity contribution is 7.09. The molecule has 2 aromatic carbocycles. The van der Waals surface area contributed by atoms with E-state index in [9.17, 15) is 4.79 Å². The zero-order valence-corrected chi connectivity index (χ0v) is 17.1. The van der Waals surface area contributed by atoms with Crippen molar-refractivity contribution in [2.45, 2.75) is 26.0 Å². The van der Waals surface area contributed by atoms with Crippen LogP contribution >= 0.6 is 11.3 Å². The van der Waals surface area contributed by atoms with Gasteiger partial charge in [0.15, 0.2) is 17.3 Å². The van der Waals surface area contributed by atoms with Gasteiger partial charge in [-0.2, -0.15) is 4.98 Å². The molecule has 0 saturated carbocycles. The maximum absolute atomic E-state index is 12.7. The van der Waals surface area contributed by atoms with Gasteiger partial charge in [0.05, 0.1) is 12.2 Å². The summed E-state index contributed by atoms with van der Waals surface area (Å²) in [6, 6.07) is 17.3. The Morgan fingerprint density at radius 1 is 1.10 bits per heavy atom. The quantitative estimate of drug-likeness (QED) is 0.483. The molecule has 0 aliphatic carbocycles. The molecule has 0 saturated heterocycles. The zero-order valence-electron chi connectivity index (χ0n) is 16.3. The van der Waals surface area contributed by atoms with Crippen LogP contribution in [0.3, 0.4) is 0 Å². The van der Waals surface area contributed by atoms with Gasteiger partial charge in [0.1, 0.15) is 6.61 Å². The number of aromatic nitrogens is 3. The minimum absolute atomic E-state index is 0.0387. The number of aryl methyl sites for hydroxylation is 1. The summed E-state index contributed by atoms with van der Waals surface area (Å²) < 4.78 is 18.8. The van der Waals surface area contributed by atoms with Crippen molar-refractivity contribution in [2.24, 2.45) is 0 Å². The molecule has 0 N–H and O–H groups in total. The Kier molecular flexibility index (Phi) is 4.84. The third kappa shape index (κ3) is 3.39. The number of benzene rings is 2. The fourth-order valence-electron chi connectivity index (χ4n) is 3.49. The molecule has 1 aliphatic heterocycles. The minimum atomic E-state index is -0.486. The molecular formula is C22H19N3O4S. The van der Waals surface area contributed by atoms with Crippen molar-refractivity contribution >= 4 is 11.3 Å². The summed E-state index contributed by atoms with van der Waals surface area (Å²) in [5, 5.41) is 4.08. The van der Waals surface area contributed by atoms with Crippen LogP contribution in [0.1, 0.15) is 29.6 Å². The standard InChI is InChI=1S/C22H19N3O4S/c1-2-18-20(14-8-4-3-5-9-14)25(22(26)30-18)12-19-23-21(29-24-19)17-13-27-15-10-6-7-11-16(15)28-17/h3-11,17H,2,12-13H2,1H3. The van der Waals surface area contributed by atoms with E-state index in [1.54, 1.807) is 4.57 Å². The summed E-state index contributed by atoms with van der Waals surface area (Å²) in [6.07, 6.45) is 0.293. The average Bonchev–Trinajstić information content (AvgIpc) is 3.39. The highest BCUT2D eigenvalue weighted by Crippen LogP contribution is 2.35. The predicted molar refractivity (Wildman–Crippen MR) is 112 cm³/mol. The lowest BCUT2D eigenvalue weighted by atomic mass is 10.1. The fraction of sp³-hybridized carbons (Fsp3) is 0.227. The normalized spacial score (nSPS) is 15.3. The molecule has 2 aromatic heterocycles. The second-order valence-electron chi connectivity index (χ2n) is 6.86. The number of hydrogen-bond donors (Lipinski definition) is 0. The molecule has 7 nitrogen and oxygen atoms in total. The lowest BCUT2D eigenvalue weighted by molar-refractivity contribution is 0.0665. The molecular weight excluding hydrogens is 402 g/mol. The zero-order chi connectivity index (χ0) is 20.5. The highest BCUT2D eigenvalue weighted by Gasteiger charge is 2.28. The Hall–Kier alpha value is -3.39. The first-order chi connectivity index (χ1) is 14.7. The molecule has 0 fully saturated rings. The van der Waals surface area contributed by atoms with Crippen molar-refractivity contribution in [3.63, 3.8) is 0 Å². The van der Waals surface area contributed by atoms with E-state index < -0.39 is 6.10 Å². The van der Waals surface area contributed by atoms with E-state index in [1.807, 2.05) is 61.5 Å². The fourth-order valence-corrected chi connectivity index (χ4v) is 4.44. The monoisotopic (exact) mass is 421 g/mol. The van der Waals surface area contributed by atoms with Crippen LogP contribution in [-0.2, 0) is 13.0 Å². The Bertz CT molecular complexity index is 1230. The topological polar surface area (TPSA) is 79.4 Å². The number of fused-ring (bicyclic) bond motifs is 1. The van der Waals surface area contributed by atoms with Crippen LogP contribution in [0.25, 0.3) is 11.3 Å². The van der Waals surface area contributed by atoms with Crippen molar-refractivity contribution in [3.05, 3.63) is 80.9 Å². The molecule has 0 bridgehead atoms. The Balaban J connectivity index is 1.43. The number of rotatable bonds is 5. The molecule has 0 amide bonds. The van der Waals surface area contributed by atoms with Crippen LogP contribution in [0.15, 0.2) is 63.9 Å². The van der Waals surface area contributed by atoms with Crippen LogP contribution < -0.4 is 14.3 Å². The Morgan fingerprint density at radius 2 is 1.87 bits per heavy atom. The highest BCUT2D eigenvalue weighted by atomic mass is 32.1. The first-order valence-corrected chi connectivity index (χ1v) is 10.5. The average molecular weight is 421 g/mol. The maximum Gasteiger partial charge on any atom is 0.308 e. The number of ether oxygens (including phenoxy) is 2. The third-order valence-electron chi connectivity index (χ3n) is 4.90. The minimum Gasteiger partial charge on any atom is -0.485 e. The molecule has 8 heteroatoms. The Labute approximate surface area is 176 Å². The van der Waals surface area contributed by atoms with Gasteiger partial charge in [-0.25, -0.2) is 0 Å². The smallest absolute Gasteiger partial charge is 0.308 e. The summed E-state index contributed by atoms with van der Waals surface area (Å²) in [4.78, 5) is 18.2. The predicted octanol–water partition coefficient (Wildman–Crippen LogP) is 4.08. The van der Waals surface area contributed by atoms with E-state index in [4.69, 9.17) is 14.0 Å². The van der Waals surface area contributed by atoms with Crippen LogP contribution in [0.5, 0.6) is 11.5 Å². The Morgan fingerprint density at radius 3 is 2.67 bits per heavy atom. The van der Waals surface area contributed by atoms with E-state index in [0.717, 1.165) is 22.6 Å². The largest absolute Gasteiger partial charge is 0.485 e. The van der Waals surface area contributed by atoms with Gasteiger partial charge in [0, 0.05) is 4.88 Å². The number of nitrogens with zero attached hydrogens (tertiary/aromatic N) is 3. The molecule has 0 radical (unpaired) electrons. The van der Waals surface area contributed by atoms with E-state index in [1.165, 1.54) is 11.3 Å². The van der Waals surface area contributed by atoms with E-state index in [-0.39, 0.29) is 18.0 Å². The van der Waals surface area contributed by atoms with Gasteiger partial charge < -0.3 is 14.0 Å². The van der Waals surface area contributed by atoms with Crippen molar-refractivity contribution < 1.29 is 14.0 Å². The molecule has 0 spiro atoms. The summed E-state index contributed by atoms with van der Waals surface area (Å²) in [5.74, 6) is 2.09. The number of thiazole rings is 1. The molecule has 152 valence electrons. The van der Waals surface area contributed by atoms with Gasteiger partial charge in [0.25, 0.3) is 5.89 Å². The third-order valence-corrected chi connectivity index (χ3v) is 6.02. The molecule has 30 heavy (non-hydrogen) atoms. The van der Waals surface area contributed by atoms with E-state index in [2.05, 4.69) is 10.1 Å². The van der Waals surface area contributed by atoms with Gasteiger partial charge in [0.2, 0.25) is 6.10 Å². The van der Waals surface area contributed by atoms with Crippen molar-refractivity contribution in [3.8, 4) is 22.8 Å². The van der Waals surface area contributed by atoms with Gasteiger partial charge in [-0.1, -0.05) is 65.9 Å². The molecule has 5 rings (SSSR count). The van der Waals surface area contributed by atoms with Crippen LogP contribution in [0, 0.1) is 0 Å². The second kappa shape index (κ2) is 7.79. The van der Waals surface area contributed by atoms with Gasteiger partial charge in [-0.3, -0.25) is 9.36 Å². The molecule has 3 heterocycles. The van der Waals surface area contributed by atoms with E-state index >= 15 is 0 Å². The lowest BCUT2D eigenvalue weighted by Gasteiger charge is -2.23. The molecule has 4 aromatic rings. The second-order valence-corrected chi connectivity index (χ2v) is 7.90. The maximum atomic E-state index is 12.7. The molecule has 1 atom stereocenters. The summed E-state index contributed by atoms with van der Waals surface area (Å²) in [7, 11) is 0.